The van der Waals surface area contributed by atoms with E-state index in [-0.39, 0.29) is 6.04 Å². The molecular weight excluding hydrogens is 166 g/mol. The Morgan fingerprint density at radius 1 is 1.69 bits per heavy atom. The first-order valence-corrected chi connectivity index (χ1v) is 5.02. The molecule has 0 aliphatic carbocycles. The smallest absolute Gasteiger partial charge is 0.152 e. The van der Waals surface area contributed by atoms with Crippen LogP contribution in [-0.4, -0.2) is 29.6 Å². The van der Waals surface area contributed by atoms with Crippen molar-refractivity contribution < 1.29 is 9.90 Å². The lowest BCUT2D eigenvalue weighted by Crippen LogP contribution is -2.53. The molecule has 1 saturated heterocycles. The molecule has 0 spiro atoms. The molecule has 0 aromatic heterocycles. The van der Waals surface area contributed by atoms with Crippen molar-refractivity contribution in [1.82, 2.24) is 5.32 Å². The van der Waals surface area contributed by atoms with Crippen molar-refractivity contribution in [1.29, 1.82) is 0 Å². The first-order valence-electron chi connectivity index (χ1n) is 5.02. The van der Waals surface area contributed by atoms with Crippen molar-refractivity contribution >= 4 is 6.29 Å². The van der Waals surface area contributed by atoms with Gasteiger partial charge in [-0.1, -0.05) is 13.3 Å². The summed E-state index contributed by atoms with van der Waals surface area (Å²) in [6, 6.07) is -0.0660. The molecule has 3 atom stereocenters. The molecule has 1 fully saturated rings. The molecule has 76 valence electrons. The van der Waals surface area contributed by atoms with Crippen LogP contribution >= 0.6 is 0 Å². The van der Waals surface area contributed by atoms with Crippen molar-refractivity contribution in [3.63, 3.8) is 0 Å². The number of carbonyl (C=O) groups is 1. The van der Waals surface area contributed by atoms with Gasteiger partial charge >= 0.3 is 0 Å². The predicted molar refractivity (Wildman–Crippen MR) is 51.5 cm³/mol. The molecular formula is C10H19NO2. The minimum atomic E-state index is -1.20. The van der Waals surface area contributed by atoms with Crippen LogP contribution in [0, 0.1) is 5.92 Å². The predicted octanol–water partition coefficient (Wildman–Crippen LogP) is 0.714. The molecule has 1 heterocycles. The van der Waals surface area contributed by atoms with Gasteiger partial charge in [0.25, 0.3) is 0 Å². The summed E-state index contributed by atoms with van der Waals surface area (Å²) in [5.41, 5.74) is -1.20. The van der Waals surface area contributed by atoms with Gasteiger partial charge in [-0.3, -0.25) is 0 Å². The second-order valence-electron chi connectivity index (χ2n) is 4.15. The Bertz CT molecular complexity index is 180. The lowest BCUT2D eigenvalue weighted by Gasteiger charge is -2.36. The van der Waals surface area contributed by atoms with E-state index in [1.54, 1.807) is 6.92 Å². The fourth-order valence-electron chi connectivity index (χ4n) is 1.89. The summed E-state index contributed by atoms with van der Waals surface area (Å²) in [5, 5.41) is 12.9. The molecule has 3 nitrogen and oxygen atoms in total. The Kier molecular flexibility index (Phi) is 3.45. The molecule has 2 N–H and O–H groups in total. The lowest BCUT2D eigenvalue weighted by atomic mass is 9.83. The fraction of sp³-hybridized carbons (Fsp3) is 0.900. The van der Waals surface area contributed by atoms with E-state index in [4.69, 9.17) is 0 Å². The number of carbonyl (C=O) groups excluding carboxylic acids is 1. The van der Waals surface area contributed by atoms with Gasteiger partial charge in [0.15, 0.2) is 6.29 Å². The van der Waals surface area contributed by atoms with Gasteiger partial charge in [0.05, 0.1) is 0 Å². The Morgan fingerprint density at radius 3 is 2.92 bits per heavy atom. The Balaban J connectivity index is 2.55. The third kappa shape index (κ3) is 2.51. The summed E-state index contributed by atoms with van der Waals surface area (Å²) in [6.45, 7) is 4.64. The van der Waals surface area contributed by atoms with E-state index < -0.39 is 5.60 Å². The first kappa shape index (κ1) is 10.7. The van der Waals surface area contributed by atoms with E-state index in [0.717, 1.165) is 25.8 Å². The standard InChI is InChI=1S/C10H19NO2/c1-3-8-4-5-11-9(6-8)10(2,13)7-12/h7-9,11,13H,3-6H2,1-2H3. The number of aliphatic hydroxyl groups is 1. The van der Waals surface area contributed by atoms with Crippen LogP contribution in [0.2, 0.25) is 0 Å². The maximum Gasteiger partial charge on any atom is 0.152 e. The number of aldehydes is 1. The van der Waals surface area contributed by atoms with Gasteiger partial charge in [0, 0.05) is 6.04 Å². The van der Waals surface area contributed by atoms with Crippen LogP contribution in [0.1, 0.15) is 33.1 Å². The topological polar surface area (TPSA) is 49.3 Å². The Labute approximate surface area is 79.5 Å². The average Bonchev–Trinajstić information content (AvgIpc) is 2.18. The highest BCUT2D eigenvalue weighted by Gasteiger charge is 2.34. The Morgan fingerprint density at radius 2 is 2.38 bits per heavy atom. The molecule has 13 heavy (non-hydrogen) atoms. The minimum absolute atomic E-state index is 0.0660. The maximum absolute atomic E-state index is 10.6. The van der Waals surface area contributed by atoms with E-state index >= 15 is 0 Å². The summed E-state index contributed by atoms with van der Waals surface area (Å²) in [4.78, 5) is 10.6. The number of hydrogen-bond donors (Lipinski definition) is 2. The number of nitrogens with one attached hydrogen (secondary N) is 1. The van der Waals surface area contributed by atoms with Gasteiger partial charge in [-0.05, 0) is 32.2 Å². The van der Waals surface area contributed by atoms with Crippen LogP contribution in [-0.2, 0) is 4.79 Å². The monoisotopic (exact) mass is 185 g/mol. The van der Waals surface area contributed by atoms with E-state index in [9.17, 15) is 9.90 Å². The highest BCUT2D eigenvalue weighted by molar-refractivity contribution is 5.62. The SMILES string of the molecule is CCC1CCNC(C(C)(O)C=O)C1. The number of rotatable bonds is 3. The molecule has 3 heteroatoms. The molecule has 0 bridgehead atoms. The van der Waals surface area contributed by atoms with Crippen LogP contribution in [0.5, 0.6) is 0 Å². The van der Waals surface area contributed by atoms with E-state index in [1.165, 1.54) is 0 Å². The molecule has 0 aromatic rings. The van der Waals surface area contributed by atoms with Gasteiger partial charge in [0.2, 0.25) is 0 Å². The molecule has 0 aromatic carbocycles. The molecule has 1 aliphatic rings. The van der Waals surface area contributed by atoms with Crippen LogP contribution in [0.15, 0.2) is 0 Å². The van der Waals surface area contributed by atoms with E-state index in [0.29, 0.717) is 12.2 Å². The second kappa shape index (κ2) is 4.20. The zero-order valence-electron chi connectivity index (χ0n) is 8.42. The fourth-order valence-corrected chi connectivity index (χ4v) is 1.89. The summed E-state index contributed by atoms with van der Waals surface area (Å²) in [7, 11) is 0. The third-order valence-corrected chi connectivity index (χ3v) is 3.03. The van der Waals surface area contributed by atoms with Gasteiger partial charge in [-0.25, -0.2) is 0 Å². The second-order valence-corrected chi connectivity index (χ2v) is 4.15. The average molecular weight is 185 g/mol. The Hall–Kier alpha value is -0.410. The van der Waals surface area contributed by atoms with Crippen LogP contribution in [0.3, 0.4) is 0 Å². The highest BCUT2D eigenvalue weighted by atomic mass is 16.3. The number of hydrogen-bond acceptors (Lipinski definition) is 3. The highest BCUT2D eigenvalue weighted by Crippen LogP contribution is 2.24. The zero-order valence-corrected chi connectivity index (χ0v) is 8.42. The third-order valence-electron chi connectivity index (χ3n) is 3.03. The van der Waals surface area contributed by atoms with E-state index in [1.807, 2.05) is 0 Å². The van der Waals surface area contributed by atoms with Crippen molar-refractivity contribution in [3.8, 4) is 0 Å². The molecule has 0 amide bonds. The molecule has 3 unspecified atom stereocenters. The summed E-state index contributed by atoms with van der Waals surface area (Å²) in [5.74, 6) is 0.651. The molecule has 1 aliphatic heterocycles. The van der Waals surface area contributed by atoms with Gasteiger partial charge in [-0.15, -0.1) is 0 Å². The van der Waals surface area contributed by atoms with Gasteiger partial charge in [0.1, 0.15) is 5.60 Å². The van der Waals surface area contributed by atoms with Gasteiger partial charge < -0.3 is 15.2 Å². The van der Waals surface area contributed by atoms with E-state index in [2.05, 4.69) is 12.2 Å². The lowest BCUT2D eigenvalue weighted by molar-refractivity contribution is -0.126. The number of piperidine rings is 1. The maximum atomic E-state index is 10.6. The normalized spacial score (nSPS) is 33.8. The summed E-state index contributed by atoms with van der Waals surface area (Å²) < 4.78 is 0. The summed E-state index contributed by atoms with van der Waals surface area (Å²) >= 11 is 0. The van der Waals surface area contributed by atoms with Gasteiger partial charge in [-0.2, -0.15) is 0 Å². The summed E-state index contributed by atoms with van der Waals surface area (Å²) in [6.07, 6.45) is 3.83. The van der Waals surface area contributed by atoms with Crippen LogP contribution in [0.25, 0.3) is 0 Å². The van der Waals surface area contributed by atoms with Crippen molar-refractivity contribution in [2.24, 2.45) is 5.92 Å². The molecule has 0 radical (unpaired) electrons. The van der Waals surface area contributed by atoms with Crippen molar-refractivity contribution in [3.05, 3.63) is 0 Å². The molecule has 1 rings (SSSR count). The zero-order chi connectivity index (χ0) is 9.90. The minimum Gasteiger partial charge on any atom is -0.381 e. The van der Waals surface area contributed by atoms with Crippen LogP contribution < -0.4 is 5.32 Å². The first-order chi connectivity index (χ1) is 6.10. The van der Waals surface area contributed by atoms with Crippen LogP contribution in [0.4, 0.5) is 0 Å². The van der Waals surface area contributed by atoms with Crippen molar-refractivity contribution in [2.75, 3.05) is 6.54 Å². The largest absolute Gasteiger partial charge is 0.381 e. The molecule has 0 saturated carbocycles. The van der Waals surface area contributed by atoms with Crippen molar-refractivity contribution in [2.45, 2.75) is 44.8 Å². The quantitative estimate of drug-likeness (QED) is 0.637.